The molecule has 3 heterocycles. The van der Waals surface area contributed by atoms with Crippen molar-refractivity contribution in [1.82, 2.24) is 19.9 Å². The number of fused-ring (bicyclic) bond motifs is 2. The Morgan fingerprint density at radius 2 is 1.91 bits per heavy atom. The minimum atomic E-state index is -0.985. The minimum Gasteiger partial charge on any atom is -0.489 e. The number of carbonyl (C=O) groups is 2. The highest BCUT2D eigenvalue weighted by atomic mass is 19.1. The normalized spacial score (nSPS) is 15.5. The van der Waals surface area contributed by atoms with Crippen LogP contribution in [0.2, 0.25) is 0 Å². The molecule has 178 valence electrons. The van der Waals surface area contributed by atoms with Crippen molar-refractivity contribution < 1.29 is 23.1 Å². The molecule has 1 aliphatic rings. The van der Waals surface area contributed by atoms with Crippen molar-refractivity contribution in [2.75, 3.05) is 18.6 Å². The van der Waals surface area contributed by atoms with Gasteiger partial charge in [-0.3, -0.25) is 14.2 Å². The van der Waals surface area contributed by atoms with Crippen LogP contribution in [0.25, 0.3) is 16.7 Å². The Bertz CT molecular complexity index is 1450. The molecular weight excluding hydrogens is 456 g/mol. The first-order valence-electron chi connectivity index (χ1n) is 11.0. The first-order valence-corrected chi connectivity index (χ1v) is 11.0. The molecule has 1 N–H and O–H groups in total. The third-order valence-corrected chi connectivity index (χ3v) is 5.91. The Labute approximate surface area is 199 Å². The molecule has 10 heteroatoms. The molecule has 5 rings (SSSR count). The number of benzene rings is 2. The highest BCUT2D eigenvalue weighted by Crippen LogP contribution is 2.30. The number of hydrogen-bond donors (Lipinski definition) is 1. The fourth-order valence-electron chi connectivity index (χ4n) is 4.14. The number of rotatable bonds is 4. The summed E-state index contributed by atoms with van der Waals surface area (Å²) in [7, 11) is 1.60. The molecule has 2 aromatic carbocycles. The van der Waals surface area contributed by atoms with Gasteiger partial charge in [-0.25, -0.2) is 18.7 Å². The Morgan fingerprint density at radius 3 is 2.66 bits per heavy atom. The Hall–Kier alpha value is -4.34. The summed E-state index contributed by atoms with van der Waals surface area (Å²) in [5.74, 6) is -2.32. The van der Waals surface area contributed by atoms with Crippen LogP contribution in [0.5, 0.6) is 5.75 Å². The summed E-state index contributed by atoms with van der Waals surface area (Å²) in [6.07, 6.45) is 1.88. The second kappa shape index (κ2) is 8.79. The first kappa shape index (κ1) is 22.5. The summed E-state index contributed by atoms with van der Waals surface area (Å²) < 4.78 is 36.3. The third kappa shape index (κ3) is 3.86. The SMILES string of the molecule is CCc1cc2cnc(C(=O)N[C@H]3COc4ccccc4N(C)C3=O)nc2n1-c1c(F)cccc1F. The molecule has 0 saturated heterocycles. The molecule has 0 radical (unpaired) electrons. The van der Waals surface area contributed by atoms with Crippen LogP contribution in [-0.2, 0) is 11.2 Å². The van der Waals surface area contributed by atoms with Gasteiger partial charge in [-0.15, -0.1) is 0 Å². The molecule has 0 bridgehead atoms. The lowest BCUT2D eigenvalue weighted by molar-refractivity contribution is -0.120. The molecule has 8 nitrogen and oxygen atoms in total. The van der Waals surface area contributed by atoms with Crippen LogP contribution in [0.3, 0.4) is 0 Å². The zero-order valence-corrected chi connectivity index (χ0v) is 19.0. The maximum absolute atomic E-state index is 14.6. The van der Waals surface area contributed by atoms with Crippen molar-refractivity contribution in [2.45, 2.75) is 19.4 Å². The van der Waals surface area contributed by atoms with Crippen LogP contribution in [0, 0.1) is 11.6 Å². The van der Waals surface area contributed by atoms with E-state index in [-0.39, 0.29) is 29.7 Å². The average molecular weight is 477 g/mol. The van der Waals surface area contributed by atoms with Crippen molar-refractivity contribution in [2.24, 2.45) is 0 Å². The highest BCUT2D eigenvalue weighted by molar-refractivity contribution is 6.02. The monoisotopic (exact) mass is 477 g/mol. The summed E-state index contributed by atoms with van der Waals surface area (Å²) in [4.78, 5) is 35.8. The van der Waals surface area contributed by atoms with E-state index in [4.69, 9.17) is 4.74 Å². The lowest BCUT2D eigenvalue weighted by atomic mass is 10.2. The summed E-state index contributed by atoms with van der Waals surface area (Å²) in [6.45, 7) is 1.77. The fraction of sp³-hybridized carbons (Fsp3) is 0.200. The number of para-hydroxylation sites is 3. The summed E-state index contributed by atoms with van der Waals surface area (Å²) in [5, 5.41) is 3.14. The number of ether oxygens (including phenoxy) is 1. The Balaban J connectivity index is 1.49. The molecule has 1 aliphatic heterocycles. The summed E-state index contributed by atoms with van der Waals surface area (Å²) in [5.41, 5.74) is 1.08. The van der Waals surface area contributed by atoms with Crippen molar-refractivity contribution in [3.05, 3.63) is 77.9 Å². The lowest BCUT2D eigenvalue weighted by Gasteiger charge is -2.20. The summed E-state index contributed by atoms with van der Waals surface area (Å²) >= 11 is 0. The van der Waals surface area contributed by atoms with E-state index in [0.717, 1.165) is 12.1 Å². The van der Waals surface area contributed by atoms with E-state index in [9.17, 15) is 18.4 Å². The van der Waals surface area contributed by atoms with Gasteiger partial charge in [0.25, 0.3) is 11.8 Å². The predicted molar refractivity (Wildman–Crippen MR) is 125 cm³/mol. The van der Waals surface area contributed by atoms with E-state index in [2.05, 4.69) is 15.3 Å². The number of nitrogens with one attached hydrogen (secondary N) is 1. The van der Waals surface area contributed by atoms with E-state index >= 15 is 0 Å². The molecule has 2 aromatic heterocycles. The van der Waals surface area contributed by atoms with Gasteiger partial charge in [0.2, 0.25) is 5.82 Å². The molecule has 0 fully saturated rings. The molecule has 0 spiro atoms. The predicted octanol–water partition coefficient (Wildman–Crippen LogP) is 3.41. The van der Waals surface area contributed by atoms with E-state index in [1.807, 2.05) is 6.92 Å². The van der Waals surface area contributed by atoms with Gasteiger partial charge in [0.05, 0.1) is 5.69 Å². The van der Waals surface area contributed by atoms with Gasteiger partial charge in [-0.05, 0) is 36.8 Å². The topological polar surface area (TPSA) is 89.3 Å². The molecule has 2 amide bonds. The second-order valence-corrected chi connectivity index (χ2v) is 8.07. The van der Waals surface area contributed by atoms with Crippen LogP contribution in [-0.4, -0.2) is 46.0 Å². The van der Waals surface area contributed by atoms with Crippen molar-refractivity contribution in [3.8, 4) is 11.4 Å². The molecule has 35 heavy (non-hydrogen) atoms. The van der Waals surface area contributed by atoms with Crippen LogP contribution in [0.15, 0.2) is 54.7 Å². The molecule has 0 saturated carbocycles. The Morgan fingerprint density at radius 1 is 1.17 bits per heavy atom. The van der Waals surface area contributed by atoms with Crippen LogP contribution < -0.4 is 15.0 Å². The van der Waals surface area contributed by atoms with Crippen LogP contribution >= 0.6 is 0 Å². The smallest absolute Gasteiger partial charge is 0.289 e. The standard InChI is InChI=1S/C25H21F2N5O3/c1-3-15-11-14-12-28-22(30-23(14)32(15)21-16(26)7-6-8-17(21)27)24(33)29-18-13-35-20-10-5-4-9-19(20)31(2)25(18)34/h4-12,18H,3,13H2,1-2H3,(H,29,33)/t18-/m0/s1. The zero-order chi connectivity index (χ0) is 24.7. The van der Waals surface area contributed by atoms with Crippen LogP contribution in [0.1, 0.15) is 23.2 Å². The van der Waals surface area contributed by atoms with Crippen molar-refractivity contribution in [3.63, 3.8) is 0 Å². The molecule has 0 unspecified atom stereocenters. The van der Waals surface area contributed by atoms with E-state index in [1.165, 1.54) is 21.7 Å². The fourth-order valence-corrected chi connectivity index (χ4v) is 4.14. The number of aryl methyl sites for hydroxylation is 1. The number of halogens is 2. The largest absolute Gasteiger partial charge is 0.489 e. The minimum absolute atomic E-state index is 0.0784. The van der Waals surface area contributed by atoms with Gasteiger partial charge in [0.15, 0.2) is 0 Å². The van der Waals surface area contributed by atoms with Crippen molar-refractivity contribution >= 4 is 28.5 Å². The number of likely N-dealkylation sites (N-methyl/N-ethyl adjacent to an activating group) is 1. The van der Waals surface area contributed by atoms with Gasteiger partial charge in [-0.2, -0.15) is 0 Å². The lowest BCUT2D eigenvalue weighted by Crippen LogP contribution is -2.49. The van der Waals surface area contributed by atoms with E-state index in [1.54, 1.807) is 37.4 Å². The van der Waals surface area contributed by atoms with Gasteiger partial charge in [-0.1, -0.05) is 25.1 Å². The Kier molecular flexibility index (Phi) is 5.64. The van der Waals surface area contributed by atoms with Crippen molar-refractivity contribution in [1.29, 1.82) is 0 Å². The maximum atomic E-state index is 14.6. The number of carbonyl (C=O) groups excluding carboxylic acids is 2. The maximum Gasteiger partial charge on any atom is 0.289 e. The van der Waals surface area contributed by atoms with Gasteiger partial charge >= 0.3 is 0 Å². The molecule has 4 aromatic rings. The van der Waals surface area contributed by atoms with E-state index in [0.29, 0.717) is 28.9 Å². The number of aromatic nitrogens is 3. The van der Waals surface area contributed by atoms with Gasteiger partial charge in [0, 0.05) is 24.3 Å². The molecule has 0 aliphatic carbocycles. The summed E-state index contributed by atoms with van der Waals surface area (Å²) in [6, 6.07) is 11.4. The highest BCUT2D eigenvalue weighted by Gasteiger charge is 2.31. The number of hydrogen-bond acceptors (Lipinski definition) is 5. The molecule has 1 atom stereocenters. The quantitative estimate of drug-likeness (QED) is 0.487. The average Bonchev–Trinajstić information content (AvgIpc) is 3.17. The van der Waals surface area contributed by atoms with Gasteiger partial charge in [0.1, 0.15) is 41.4 Å². The van der Waals surface area contributed by atoms with Crippen LogP contribution in [0.4, 0.5) is 14.5 Å². The van der Waals surface area contributed by atoms with E-state index < -0.39 is 23.6 Å². The number of amides is 2. The van der Waals surface area contributed by atoms with Gasteiger partial charge < -0.3 is 15.0 Å². The zero-order valence-electron chi connectivity index (χ0n) is 19.0. The number of anilines is 1. The second-order valence-electron chi connectivity index (χ2n) is 8.07. The number of nitrogens with zero attached hydrogens (tertiary/aromatic N) is 4. The third-order valence-electron chi connectivity index (χ3n) is 5.91. The molecular formula is C25H21F2N5O3. The first-order chi connectivity index (χ1) is 16.9.